The van der Waals surface area contributed by atoms with Gasteiger partial charge in [-0.05, 0) is 5.56 Å². The summed E-state index contributed by atoms with van der Waals surface area (Å²) in [6, 6.07) is 9.49. The van der Waals surface area contributed by atoms with E-state index in [0.29, 0.717) is 13.1 Å². The fourth-order valence-corrected chi connectivity index (χ4v) is 1.70. The van der Waals surface area contributed by atoms with Crippen molar-refractivity contribution < 1.29 is 9.90 Å². The van der Waals surface area contributed by atoms with Gasteiger partial charge in [-0.25, -0.2) is 9.78 Å². The van der Waals surface area contributed by atoms with Gasteiger partial charge in [0, 0.05) is 25.5 Å². The number of aromatic nitrogens is 2. The van der Waals surface area contributed by atoms with Gasteiger partial charge < -0.3 is 10.0 Å². The molecule has 0 bridgehead atoms. The fourth-order valence-electron chi connectivity index (χ4n) is 1.70. The molecule has 5 heteroatoms. The Kier molecular flexibility index (Phi) is 4.09. The average Bonchev–Trinajstić information content (AvgIpc) is 2.92. The number of amides is 1. The first-order chi connectivity index (χ1) is 8.81. The highest BCUT2D eigenvalue weighted by Crippen LogP contribution is 2.06. The molecule has 1 aromatic heterocycles. The van der Waals surface area contributed by atoms with E-state index < -0.39 is 0 Å². The standard InChI is InChI=1S/C13H15N3O2/c17-9-8-15(10-12-4-2-1-3-5-12)13(18)16-7-6-14-11-16/h1-7,11,17H,8-10H2. The minimum Gasteiger partial charge on any atom is -0.395 e. The number of rotatable bonds is 4. The van der Waals surface area contributed by atoms with Gasteiger partial charge in [0.25, 0.3) is 0 Å². The van der Waals surface area contributed by atoms with Crippen molar-refractivity contribution in [2.75, 3.05) is 13.2 Å². The van der Waals surface area contributed by atoms with Gasteiger partial charge in [-0.3, -0.25) is 4.57 Å². The van der Waals surface area contributed by atoms with Crippen molar-refractivity contribution in [2.24, 2.45) is 0 Å². The van der Waals surface area contributed by atoms with Crippen LogP contribution >= 0.6 is 0 Å². The van der Waals surface area contributed by atoms with Crippen LogP contribution in [0, 0.1) is 0 Å². The SMILES string of the molecule is O=C(N(CCO)Cc1ccccc1)n1ccnc1. The highest BCUT2D eigenvalue weighted by atomic mass is 16.3. The lowest BCUT2D eigenvalue weighted by molar-refractivity contribution is 0.175. The Morgan fingerprint density at radius 3 is 2.72 bits per heavy atom. The van der Waals surface area contributed by atoms with Crippen LogP contribution < -0.4 is 0 Å². The van der Waals surface area contributed by atoms with Crippen LogP contribution in [0.5, 0.6) is 0 Å². The topological polar surface area (TPSA) is 58.4 Å². The Morgan fingerprint density at radius 1 is 1.33 bits per heavy atom. The Hall–Kier alpha value is -2.14. The summed E-state index contributed by atoms with van der Waals surface area (Å²) >= 11 is 0. The summed E-state index contributed by atoms with van der Waals surface area (Å²) in [4.78, 5) is 17.6. The predicted octanol–water partition coefficient (Wildman–Crippen LogP) is 1.35. The zero-order valence-corrected chi connectivity index (χ0v) is 9.94. The van der Waals surface area contributed by atoms with Crippen molar-refractivity contribution in [3.8, 4) is 0 Å². The van der Waals surface area contributed by atoms with Gasteiger partial charge in [-0.15, -0.1) is 0 Å². The molecule has 0 spiro atoms. The summed E-state index contributed by atoms with van der Waals surface area (Å²) < 4.78 is 1.40. The number of imidazole rings is 1. The lowest BCUT2D eigenvalue weighted by Crippen LogP contribution is -2.35. The maximum atomic E-state index is 12.1. The third kappa shape index (κ3) is 2.95. The third-order valence-electron chi connectivity index (χ3n) is 2.58. The van der Waals surface area contributed by atoms with Crippen molar-refractivity contribution in [3.05, 3.63) is 54.6 Å². The summed E-state index contributed by atoms with van der Waals surface area (Å²) in [5.41, 5.74) is 1.03. The molecule has 0 aliphatic carbocycles. The first kappa shape index (κ1) is 12.3. The maximum Gasteiger partial charge on any atom is 0.329 e. The summed E-state index contributed by atoms with van der Waals surface area (Å²) in [6.45, 7) is 0.706. The normalized spacial score (nSPS) is 10.3. The van der Waals surface area contributed by atoms with Crippen molar-refractivity contribution in [3.63, 3.8) is 0 Å². The fraction of sp³-hybridized carbons (Fsp3) is 0.231. The van der Waals surface area contributed by atoms with Crippen LogP contribution in [0.1, 0.15) is 5.56 Å². The molecule has 1 aromatic carbocycles. The molecule has 94 valence electrons. The van der Waals surface area contributed by atoms with Crippen molar-refractivity contribution in [1.82, 2.24) is 14.5 Å². The summed E-state index contributed by atoms with van der Waals surface area (Å²) in [5.74, 6) is 0. The van der Waals surface area contributed by atoms with E-state index >= 15 is 0 Å². The van der Waals surface area contributed by atoms with E-state index in [9.17, 15) is 4.79 Å². The first-order valence-corrected chi connectivity index (χ1v) is 5.73. The molecule has 0 radical (unpaired) electrons. The van der Waals surface area contributed by atoms with E-state index in [4.69, 9.17) is 5.11 Å². The monoisotopic (exact) mass is 245 g/mol. The molecule has 18 heavy (non-hydrogen) atoms. The van der Waals surface area contributed by atoms with Gasteiger partial charge >= 0.3 is 6.03 Å². The number of benzene rings is 1. The smallest absolute Gasteiger partial charge is 0.329 e. The molecule has 2 aromatic rings. The van der Waals surface area contributed by atoms with E-state index in [0.717, 1.165) is 5.56 Å². The van der Waals surface area contributed by atoms with Crippen molar-refractivity contribution in [1.29, 1.82) is 0 Å². The molecular formula is C13H15N3O2. The zero-order chi connectivity index (χ0) is 12.8. The van der Waals surface area contributed by atoms with Gasteiger partial charge in [-0.1, -0.05) is 30.3 Å². The first-order valence-electron chi connectivity index (χ1n) is 5.73. The van der Waals surface area contributed by atoms with Crippen molar-refractivity contribution >= 4 is 6.03 Å². The molecular weight excluding hydrogens is 230 g/mol. The molecule has 0 saturated carbocycles. The zero-order valence-electron chi connectivity index (χ0n) is 9.94. The molecule has 0 fully saturated rings. The van der Waals surface area contributed by atoms with E-state index in [1.54, 1.807) is 17.3 Å². The Balaban J connectivity index is 2.11. The highest BCUT2D eigenvalue weighted by molar-refractivity contribution is 5.76. The van der Waals surface area contributed by atoms with Gasteiger partial charge in [-0.2, -0.15) is 0 Å². The van der Waals surface area contributed by atoms with Gasteiger partial charge in [0.15, 0.2) is 0 Å². The lowest BCUT2D eigenvalue weighted by Gasteiger charge is -2.21. The largest absolute Gasteiger partial charge is 0.395 e. The number of nitrogens with zero attached hydrogens (tertiary/aromatic N) is 3. The number of hydrogen-bond donors (Lipinski definition) is 1. The summed E-state index contributed by atoms with van der Waals surface area (Å²) in [6.07, 6.45) is 4.60. The minimum absolute atomic E-state index is 0.0622. The van der Waals surface area contributed by atoms with Gasteiger partial charge in [0.2, 0.25) is 0 Å². The summed E-state index contributed by atoms with van der Waals surface area (Å²) in [5, 5.41) is 9.04. The maximum absolute atomic E-state index is 12.1. The quantitative estimate of drug-likeness (QED) is 0.884. The average molecular weight is 245 g/mol. The Labute approximate surface area is 105 Å². The number of carbonyl (C=O) groups excluding carboxylic acids is 1. The molecule has 1 amide bonds. The number of aliphatic hydroxyl groups excluding tert-OH is 1. The Morgan fingerprint density at radius 2 is 2.11 bits per heavy atom. The predicted molar refractivity (Wildman–Crippen MR) is 67.0 cm³/mol. The van der Waals surface area contributed by atoms with Crippen LogP contribution in [0.2, 0.25) is 0 Å². The molecule has 0 atom stereocenters. The molecule has 1 heterocycles. The second-order valence-corrected chi connectivity index (χ2v) is 3.88. The lowest BCUT2D eigenvalue weighted by atomic mass is 10.2. The second-order valence-electron chi connectivity index (χ2n) is 3.88. The number of carbonyl (C=O) groups is 1. The van der Waals surface area contributed by atoms with Crippen LogP contribution in [0.25, 0.3) is 0 Å². The molecule has 5 nitrogen and oxygen atoms in total. The van der Waals surface area contributed by atoms with E-state index in [1.165, 1.54) is 10.9 Å². The third-order valence-corrected chi connectivity index (χ3v) is 2.58. The van der Waals surface area contributed by atoms with Crippen LogP contribution in [0.15, 0.2) is 49.1 Å². The van der Waals surface area contributed by atoms with E-state index in [1.807, 2.05) is 30.3 Å². The summed E-state index contributed by atoms with van der Waals surface area (Å²) in [7, 11) is 0. The van der Waals surface area contributed by atoms with Crippen LogP contribution in [0.3, 0.4) is 0 Å². The minimum atomic E-state index is -0.189. The van der Waals surface area contributed by atoms with E-state index in [-0.39, 0.29) is 12.6 Å². The molecule has 2 rings (SSSR count). The van der Waals surface area contributed by atoms with Crippen LogP contribution in [-0.4, -0.2) is 38.7 Å². The molecule has 0 unspecified atom stereocenters. The molecule has 0 saturated heterocycles. The number of aliphatic hydroxyl groups is 1. The van der Waals surface area contributed by atoms with Crippen molar-refractivity contribution in [2.45, 2.75) is 6.54 Å². The van der Waals surface area contributed by atoms with Crippen LogP contribution in [-0.2, 0) is 6.54 Å². The molecule has 1 N–H and O–H groups in total. The second kappa shape index (κ2) is 5.97. The Bertz CT molecular complexity index is 482. The van der Waals surface area contributed by atoms with E-state index in [2.05, 4.69) is 4.98 Å². The van der Waals surface area contributed by atoms with Crippen LogP contribution in [0.4, 0.5) is 4.79 Å². The van der Waals surface area contributed by atoms with Gasteiger partial charge in [0.1, 0.15) is 6.33 Å². The van der Waals surface area contributed by atoms with Gasteiger partial charge in [0.05, 0.1) is 6.61 Å². The number of hydrogen-bond acceptors (Lipinski definition) is 3. The highest BCUT2D eigenvalue weighted by Gasteiger charge is 2.14. The molecule has 0 aliphatic heterocycles. The molecule has 0 aliphatic rings.